The number of ether oxygens (including phenoxy) is 1. The molecule has 0 fully saturated rings. The van der Waals surface area contributed by atoms with Gasteiger partial charge in [-0.2, -0.15) is 0 Å². The zero-order valence-electron chi connectivity index (χ0n) is 16.8. The lowest BCUT2D eigenvalue weighted by Crippen LogP contribution is -2.27. The lowest BCUT2D eigenvalue weighted by Gasteiger charge is -2.06. The zero-order valence-corrected chi connectivity index (χ0v) is 17.6. The van der Waals surface area contributed by atoms with Gasteiger partial charge in [0.05, 0.1) is 12.1 Å². The normalized spacial score (nSPS) is 11.4. The molecule has 0 atom stereocenters. The number of aromatic nitrogens is 4. The maximum atomic E-state index is 13.1. The maximum absolute atomic E-state index is 13.1. The van der Waals surface area contributed by atoms with Crippen LogP contribution < -0.4 is 16.0 Å². The lowest BCUT2D eigenvalue weighted by molar-refractivity contribution is 0.0966. The number of fused-ring (bicyclic) bond motifs is 3. The van der Waals surface area contributed by atoms with Crippen LogP contribution in [-0.4, -0.2) is 31.1 Å². The van der Waals surface area contributed by atoms with Crippen molar-refractivity contribution in [2.75, 3.05) is 6.61 Å². The van der Waals surface area contributed by atoms with Gasteiger partial charge in [0.2, 0.25) is 5.78 Å². The topological polar surface area (TPSA) is 87.6 Å². The lowest BCUT2D eigenvalue weighted by atomic mass is 10.1. The van der Waals surface area contributed by atoms with Crippen molar-refractivity contribution < 1.29 is 9.53 Å². The Hall–Kier alpha value is -3.20. The molecule has 0 spiro atoms. The molecular formula is C21H22N4O4S. The van der Waals surface area contributed by atoms with E-state index in [1.807, 2.05) is 13.8 Å². The highest BCUT2D eigenvalue weighted by Crippen LogP contribution is 2.18. The Morgan fingerprint density at radius 1 is 1.13 bits per heavy atom. The third kappa shape index (κ3) is 3.45. The first-order chi connectivity index (χ1) is 14.5. The fourth-order valence-electron chi connectivity index (χ4n) is 3.39. The summed E-state index contributed by atoms with van der Waals surface area (Å²) in [5, 5.41) is 6.14. The third-order valence-electron chi connectivity index (χ3n) is 4.90. The van der Waals surface area contributed by atoms with Crippen LogP contribution in [-0.2, 0) is 13.1 Å². The molecule has 3 heterocycles. The van der Waals surface area contributed by atoms with Crippen LogP contribution in [0, 0.1) is 0 Å². The number of rotatable bonds is 8. The average Bonchev–Trinajstić information content (AvgIpc) is 3.34. The first-order valence-corrected chi connectivity index (χ1v) is 10.8. The van der Waals surface area contributed by atoms with Gasteiger partial charge in [0.15, 0.2) is 5.78 Å². The Bertz CT molecular complexity index is 1330. The second-order valence-electron chi connectivity index (χ2n) is 6.90. The number of aryl methyl sites for hydroxylation is 1. The highest BCUT2D eigenvalue weighted by molar-refractivity contribution is 7.17. The monoisotopic (exact) mass is 426 g/mol. The molecule has 9 heteroatoms. The molecular weight excluding hydrogens is 404 g/mol. The number of Topliss-reactive ketones (excluding diaryl/α,β-unsaturated/α-hetero) is 1. The number of thiophene rings is 1. The van der Waals surface area contributed by atoms with Crippen molar-refractivity contribution >= 4 is 33.1 Å². The largest absolute Gasteiger partial charge is 0.494 e. The Morgan fingerprint density at radius 3 is 2.60 bits per heavy atom. The molecule has 8 nitrogen and oxygen atoms in total. The van der Waals surface area contributed by atoms with Crippen molar-refractivity contribution in [3.8, 4) is 5.75 Å². The molecule has 4 aromatic rings. The second-order valence-corrected chi connectivity index (χ2v) is 7.82. The van der Waals surface area contributed by atoms with E-state index in [-0.39, 0.29) is 23.7 Å². The molecule has 0 aliphatic rings. The summed E-state index contributed by atoms with van der Waals surface area (Å²) in [5.74, 6) is 0.704. The smallest absolute Gasteiger partial charge is 0.352 e. The van der Waals surface area contributed by atoms with E-state index in [4.69, 9.17) is 4.74 Å². The first kappa shape index (κ1) is 20.1. The second kappa shape index (κ2) is 8.27. The molecule has 0 unspecified atom stereocenters. The summed E-state index contributed by atoms with van der Waals surface area (Å²) in [6.07, 6.45) is 1.70. The van der Waals surface area contributed by atoms with E-state index in [1.54, 1.807) is 35.7 Å². The predicted octanol–water partition coefficient (Wildman–Crippen LogP) is 2.95. The highest BCUT2D eigenvalue weighted by Gasteiger charge is 2.19. The summed E-state index contributed by atoms with van der Waals surface area (Å²) in [4.78, 5) is 38.7. The molecule has 30 heavy (non-hydrogen) atoms. The molecule has 0 amide bonds. The Balaban J connectivity index is 1.76. The van der Waals surface area contributed by atoms with Crippen LogP contribution in [0.25, 0.3) is 16.0 Å². The minimum atomic E-state index is -0.432. The summed E-state index contributed by atoms with van der Waals surface area (Å²) < 4.78 is 9.99. The molecule has 3 aromatic heterocycles. The molecule has 4 rings (SSSR count). The van der Waals surface area contributed by atoms with Crippen LogP contribution in [0.2, 0.25) is 0 Å². The maximum Gasteiger partial charge on any atom is 0.352 e. The van der Waals surface area contributed by atoms with Crippen LogP contribution in [0.5, 0.6) is 5.75 Å². The van der Waals surface area contributed by atoms with E-state index in [0.29, 0.717) is 34.7 Å². The fourth-order valence-corrected chi connectivity index (χ4v) is 4.21. The average molecular weight is 426 g/mol. The van der Waals surface area contributed by atoms with E-state index in [1.165, 1.54) is 20.3 Å². The summed E-state index contributed by atoms with van der Waals surface area (Å²) >= 11 is 1.30. The van der Waals surface area contributed by atoms with Crippen molar-refractivity contribution in [2.24, 2.45) is 0 Å². The highest BCUT2D eigenvalue weighted by atomic mass is 32.1. The number of unbranched alkanes of at least 4 members (excludes halogenated alkanes) is 1. The van der Waals surface area contributed by atoms with Gasteiger partial charge in [-0.1, -0.05) is 13.3 Å². The number of nitrogens with zero attached hydrogens (tertiary/aromatic N) is 4. The standard InChI is InChI=1S/C21H22N4O4S/c1-3-5-11-23-19(27)18-16(10-12-30-18)25-20(23)22-24(21(25)28)13-17(26)14-6-8-15(9-7-14)29-4-2/h6-10,12H,3-5,11,13H2,1-2H3. The number of hydrogen-bond donors (Lipinski definition) is 0. The van der Waals surface area contributed by atoms with Crippen molar-refractivity contribution in [1.29, 1.82) is 0 Å². The van der Waals surface area contributed by atoms with E-state index in [0.717, 1.165) is 17.5 Å². The minimum absolute atomic E-state index is 0.157. The summed E-state index contributed by atoms with van der Waals surface area (Å²) in [7, 11) is 0. The number of carbonyl (C=O) groups is 1. The molecule has 0 aliphatic heterocycles. The zero-order chi connectivity index (χ0) is 21.3. The predicted molar refractivity (Wildman–Crippen MR) is 116 cm³/mol. The summed E-state index contributed by atoms with van der Waals surface area (Å²) in [6.45, 7) is 4.73. The van der Waals surface area contributed by atoms with Gasteiger partial charge in [-0.15, -0.1) is 16.4 Å². The number of carbonyl (C=O) groups excluding carboxylic acids is 1. The van der Waals surface area contributed by atoms with E-state index in [9.17, 15) is 14.4 Å². The third-order valence-corrected chi connectivity index (χ3v) is 5.80. The van der Waals surface area contributed by atoms with E-state index < -0.39 is 5.69 Å². The number of ketones is 1. The number of hydrogen-bond acceptors (Lipinski definition) is 6. The molecule has 156 valence electrons. The molecule has 0 aliphatic carbocycles. The van der Waals surface area contributed by atoms with Gasteiger partial charge in [-0.3, -0.25) is 14.2 Å². The van der Waals surface area contributed by atoms with Crippen molar-refractivity contribution in [3.05, 3.63) is 62.1 Å². The summed E-state index contributed by atoms with van der Waals surface area (Å²) in [5.41, 5.74) is 0.401. The van der Waals surface area contributed by atoms with Gasteiger partial charge in [-0.05, 0) is 49.1 Å². The van der Waals surface area contributed by atoms with Crippen LogP contribution in [0.1, 0.15) is 37.0 Å². The molecule has 0 N–H and O–H groups in total. The summed E-state index contributed by atoms with van der Waals surface area (Å²) in [6, 6.07) is 8.52. The fraction of sp³-hybridized carbons (Fsp3) is 0.333. The molecule has 1 aromatic carbocycles. The van der Waals surface area contributed by atoms with Crippen LogP contribution in [0.3, 0.4) is 0 Å². The van der Waals surface area contributed by atoms with E-state index >= 15 is 0 Å². The quantitative estimate of drug-likeness (QED) is 0.404. The molecule has 0 radical (unpaired) electrons. The minimum Gasteiger partial charge on any atom is -0.494 e. The van der Waals surface area contributed by atoms with Gasteiger partial charge >= 0.3 is 5.69 Å². The Morgan fingerprint density at radius 2 is 1.90 bits per heavy atom. The van der Waals surface area contributed by atoms with Gasteiger partial charge < -0.3 is 4.74 Å². The van der Waals surface area contributed by atoms with Crippen LogP contribution in [0.4, 0.5) is 0 Å². The van der Waals surface area contributed by atoms with Crippen LogP contribution in [0.15, 0.2) is 45.3 Å². The SMILES string of the molecule is CCCCn1c(=O)c2sccc2n2c(=O)n(CC(=O)c3ccc(OCC)cc3)nc12. The van der Waals surface area contributed by atoms with Crippen LogP contribution >= 0.6 is 11.3 Å². The molecule has 0 saturated carbocycles. The Kier molecular flexibility index (Phi) is 5.54. The van der Waals surface area contributed by atoms with E-state index in [2.05, 4.69) is 5.10 Å². The van der Waals surface area contributed by atoms with Gasteiger partial charge in [-0.25, -0.2) is 13.9 Å². The van der Waals surface area contributed by atoms with Crippen molar-refractivity contribution in [1.82, 2.24) is 18.7 Å². The van der Waals surface area contributed by atoms with Gasteiger partial charge in [0.1, 0.15) is 17.0 Å². The van der Waals surface area contributed by atoms with Gasteiger partial charge in [0.25, 0.3) is 5.56 Å². The molecule has 0 bridgehead atoms. The Labute approximate surface area is 175 Å². The van der Waals surface area contributed by atoms with Crippen molar-refractivity contribution in [2.45, 2.75) is 39.8 Å². The number of benzene rings is 1. The first-order valence-electron chi connectivity index (χ1n) is 9.90. The van der Waals surface area contributed by atoms with Gasteiger partial charge in [0, 0.05) is 12.1 Å². The van der Waals surface area contributed by atoms with Crippen molar-refractivity contribution in [3.63, 3.8) is 0 Å². The molecule has 0 saturated heterocycles.